The first-order valence-corrected chi connectivity index (χ1v) is 6.01. The van der Waals surface area contributed by atoms with Gasteiger partial charge in [-0.25, -0.2) is 9.59 Å². The lowest BCUT2D eigenvalue weighted by molar-refractivity contribution is -0.146. The molecule has 1 heterocycles. The van der Waals surface area contributed by atoms with E-state index in [0.29, 0.717) is 13.1 Å². The Morgan fingerprint density at radius 1 is 1.56 bits per heavy atom. The molecule has 18 heavy (non-hydrogen) atoms. The molecule has 0 radical (unpaired) electrons. The molecule has 0 aromatic heterocycles. The summed E-state index contributed by atoms with van der Waals surface area (Å²) in [5.41, 5.74) is 0. The Balaban J connectivity index is 2.26. The lowest BCUT2D eigenvalue weighted by Gasteiger charge is -2.31. The molecule has 1 aliphatic heterocycles. The van der Waals surface area contributed by atoms with Gasteiger partial charge < -0.3 is 25.2 Å². The SMILES string of the molecule is COC1CCCN(C(=O)NCC[C@H](O)C(=O)O)C1. The fourth-order valence-electron chi connectivity index (χ4n) is 1.87. The fourth-order valence-corrected chi connectivity index (χ4v) is 1.87. The number of carbonyl (C=O) groups excluding carboxylic acids is 1. The van der Waals surface area contributed by atoms with E-state index in [4.69, 9.17) is 14.9 Å². The molecule has 2 amide bonds. The van der Waals surface area contributed by atoms with Crippen molar-refractivity contribution in [1.82, 2.24) is 10.2 Å². The Bertz CT molecular complexity index is 297. The summed E-state index contributed by atoms with van der Waals surface area (Å²) in [6, 6.07) is -0.241. The number of hydrogen-bond acceptors (Lipinski definition) is 4. The molecule has 7 heteroatoms. The predicted molar refractivity (Wildman–Crippen MR) is 63.3 cm³/mol. The Morgan fingerprint density at radius 3 is 2.89 bits per heavy atom. The molecule has 0 aliphatic carbocycles. The quantitative estimate of drug-likeness (QED) is 0.627. The van der Waals surface area contributed by atoms with Crippen LogP contribution in [0.2, 0.25) is 0 Å². The number of nitrogens with one attached hydrogen (secondary N) is 1. The molecule has 3 N–H and O–H groups in total. The van der Waals surface area contributed by atoms with Crippen LogP contribution in [0, 0.1) is 0 Å². The molecule has 0 bridgehead atoms. The summed E-state index contributed by atoms with van der Waals surface area (Å²) in [5, 5.41) is 20.1. The maximum atomic E-state index is 11.7. The average Bonchev–Trinajstić information content (AvgIpc) is 2.38. The molecule has 1 aliphatic rings. The van der Waals surface area contributed by atoms with Gasteiger partial charge in [-0.2, -0.15) is 0 Å². The van der Waals surface area contributed by atoms with Crippen molar-refractivity contribution >= 4 is 12.0 Å². The van der Waals surface area contributed by atoms with Crippen LogP contribution >= 0.6 is 0 Å². The van der Waals surface area contributed by atoms with Crippen LogP contribution in [0.5, 0.6) is 0 Å². The van der Waals surface area contributed by atoms with Gasteiger partial charge in [0.1, 0.15) is 0 Å². The first-order chi connectivity index (χ1) is 8.54. The largest absolute Gasteiger partial charge is 0.479 e. The number of amides is 2. The second-order valence-corrected chi connectivity index (χ2v) is 4.32. The van der Waals surface area contributed by atoms with Crippen LogP contribution in [-0.4, -0.2) is 66.1 Å². The van der Waals surface area contributed by atoms with Gasteiger partial charge >= 0.3 is 12.0 Å². The number of carboxylic acids is 1. The van der Waals surface area contributed by atoms with Crippen molar-refractivity contribution < 1.29 is 24.5 Å². The highest BCUT2D eigenvalue weighted by Gasteiger charge is 2.23. The average molecular weight is 260 g/mol. The van der Waals surface area contributed by atoms with Crippen LogP contribution in [0.3, 0.4) is 0 Å². The van der Waals surface area contributed by atoms with E-state index >= 15 is 0 Å². The summed E-state index contributed by atoms with van der Waals surface area (Å²) >= 11 is 0. The highest BCUT2D eigenvalue weighted by Crippen LogP contribution is 2.12. The molecule has 0 aromatic carbocycles. The number of aliphatic carboxylic acids is 1. The maximum Gasteiger partial charge on any atom is 0.332 e. The lowest BCUT2D eigenvalue weighted by atomic mass is 10.1. The van der Waals surface area contributed by atoms with Crippen molar-refractivity contribution in [1.29, 1.82) is 0 Å². The third-order valence-corrected chi connectivity index (χ3v) is 2.98. The number of piperidine rings is 1. The van der Waals surface area contributed by atoms with E-state index in [1.807, 2.05) is 0 Å². The zero-order chi connectivity index (χ0) is 13.5. The van der Waals surface area contributed by atoms with Gasteiger partial charge in [-0.3, -0.25) is 0 Å². The molecule has 1 fully saturated rings. The number of nitrogens with zero attached hydrogens (tertiary/aromatic N) is 1. The van der Waals surface area contributed by atoms with Crippen LogP contribution in [-0.2, 0) is 9.53 Å². The van der Waals surface area contributed by atoms with Gasteiger partial charge in [-0.15, -0.1) is 0 Å². The topological polar surface area (TPSA) is 99.1 Å². The minimum Gasteiger partial charge on any atom is -0.479 e. The first-order valence-electron chi connectivity index (χ1n) is 6.01. The molecule has 0 spiro atoms. The van der Waals surface area contributed by atoms with E-state index in [2.05, 4.69) is 5.32 Å². The summed E-state index contributed by atoms with van der Waals surface area (Å²) in [5.74, 6) is -1.28. The number of urea groups is 1. The van der Waals surface area contributed by atoms with Gasteiger partial charge in [0.15, 0.2) is 6.10 Å². The number of likely N-dealkylation sites (tertiary alicyclic amines) is 1. The molecule has 2 atom stereocenters. The van der Waals surface area contributed by atoms with Crippen molar-refractivity contribution in [2.24, 2.45) is 0 Å². The van der Waals surface area contributed by atoms with E-state index in [9.17, 15) is 9.59 Å². The van der Waals surface area contributed by atoms with E-state index in [0.717, 1.165) is 12.8 Å². The number of carboxylic acid groups (broad SMARTS) is 1. The van der Waals surface area contributed by atoms with E-state index in [-0.39, 0.29) is 25.1 Å². The minimum absolute atomic E-state index is 0.00260. The summed E-state index contributed by atoms with van der Waals surface area (Å²) in [6.45, 7) is 1.36. The van der Waals surface area contributed by atoms with E-state index in [1.54, 1.807) is 12.0 Å². The summed E-state index contributed by atoms with van der Waals surface area (Å²) < 4.78 is 5.21. The third-order valence-electron chi connectivity index (χ3n) is 2.98. The fraction of sp³-hybridized carbons (Fsp3) is 0.818. The number of aliphatic hydroxyl groups is 1. The van der Waals surface area contributed by atoms with Crippen LogP contribution in [0.4, 0.5) is 4.79 Å². The van der Waals surface area contributed by atoms with Gasteiger partial charge in [0.05, 0.1) is 6.10 Å². The highest BCUT2D eigenvalue weighted by atomic mass is 16.5. The molecule has 7 nitrogen and oxygen atoms in total. The lowest BCUT2D eigenvalue weighted by Crippen LogP contribution is -2.48. The highest BCUT2D eigenvalue weighted by molar-refractivity contribution is 5.74. The number of rotatable bonds is 5. The van der Waals surface area contributed by atoms with Gasteiger partial charge in [0, 0.05) is 33.2 Å². The number of carbonyl (C=O) groups is 2. The molecule has 0 aromatic rings. The minimum atomic E-state index is -1.43. The number of ether oxygens (including phenoxy) is 1. The summed E-state index contributed by atoms with van der Waals surface area (Å²) in [7, 11) is 1.62. The molecule has 1 rings (SSSR count). The normalized spacial score (nSPS) is 21.4. The zero-order valence-corrected chi connectivity index (χ0v) is 10.5. The third kappa shape index (κ3) is 4.50. The van der Waals surface area contributed by atoms with Crippen LogP contribution in [0.1, 0.15) is 19.3 Å². The Kier molecular flexibility index (Phi) is 5.87. The number of hydrogen-bond donors (Lipinski definition) is 3. The molecular weight excluding hydrogens is 240 g/mol. The molecule has 0 saturated carbocycles. The molecule has 1 saturated heterocycles. The summed E-state index contributed by atoms with van der Waals surface area (Å²) in [4.78, 5) is 23.8. The number of aliphatic hydroxyl groups excluding tert-OH is 1. The first kappa shape index (κ1) is 14.7. The van der Waals surface area contributed by atoms with E-state index < -0.39 is 12.1 Å². The van der Waals surface area contributed by atoms with Gasteiger partial charge in [0.25, 0.3) is 0 Å². The van der Waals surface area contributed by atoms with Crippen LogP contribution in [0.25, 0.3) is 0 Å². The second-order valence-electron chi connectivity index (χ2n) is 4.32. The second kappa shape index (κ2) is 7.17. The summed E-state index contributed by atoms with van der Waals surface area (Å²) in [6.07, 6.45) is 0.470. The predicted octanol–water partition coefficient (Wildman–Crippen LogP) is -0.358. The van der Waals surface area contributed by atoms with E-state index in [1.165, 1.54) is 0 Å². The Morgan fingerprint density at radius 2 is 2.28 bits per heavy atom. The molecular formula is C11H20N2O5. The maximum absolute atomic E-state index is 11.7. The molecule has 1 unspecified atom stereocenters. The van der Waals surface area contributed by atoms with Crippen LogP contribution < -0.4 is 5.32 Å². The smallest absolute Gasteiger partial charge is 0.332 e. The van der Waals surface area contributed by atoms with Gasteiger partial charge in [-0.05, 0) is 12.8 Å². The number of methoxy groups -OCH3 is 1. The van der Waals surface area contributed by atoms with Crippen molar-refractivity contribution in [3.05, 3.63) is 0 Å². The standard InChI is InChI=1S/C11H20N2O5/c1-18-8-3-2-6-13(7-8)11(17)12-5-4-9(14)10(15)16/h8-9,14H,2-7H2,1H3,(H,12,17)(H,15,16)/t8?,9-/m0/s1. The monoisotopic (exact) mass is 260 g/mol. The Labute approximate surface area is 106 Å². The van der Waals surface area contributed by atoms with Gasteiger partial charge in [0.2, 0.25) is 0 Å². The van der Waals surface area contributed by atoms with Crippen LogP contribution in [0.15, 0.2) is 0 Å². The van der Waals surface area contributed by atoms with Crippen molar-refractivity contribution in [2.75, 3.05) is 26.7 Å². The van der Waals surface area contributed by atoms with Gasteiger partial charge in [-0.1, -0.05) is 0 Å². The van der Waals surface area contributed by atoms with Crippen molar-refractivity contribution in [3.63, 3.8) is 0 Å². The Hall–Kier alpha value is -1.34. The zero-order valence-electron chi connectivity index (χ0n) is 10.5. The van der Waals surface area contributed by atoms with Crippen molar-refractivity contribution in [2.45, 2.75) is 31.5 Å². The van der Waals surface area contributed by atoms with Crippen molar-refractivity contribution in [3.8, 4) is 0 Å². The molecule has 104 valence electrons.